The van der Waals surface area contributed by atoms with E-state index in [2.05, 4.69) is 56.4 Å². The SMILES string of the molecule is CCCCOc1nc(Cl)nc(N[C@H]2CCN(Cc3ccccc3)C2)n1. The summed E-state index contributed by atoms with van der Waals surface area (Å²) in [6, 6.07) is 11.1. The van der Waals surface area contributed by atoms with Crippen molar-refractivity contribution in [3.63, 3.8) is 0 Å². The Hall–Kier alpha value is -1.92. The molecule has 1 fully saturated rings. The largest absolute Gasteiger partial charge is 0.463 e. The van der Waals surface area contributed by atoms with Gasteiger partial charge < -0.3 is 10.1 Å². The van der Waals surface area contributed by atoms with Gasteiger partial charge in [-0.2, -0.15) is 15.0 Å². The van der Waals surface area contributed by atoms with Gasteiger partial charge in [-0.25, -0.2) is 0 Å². The standard InChI is InChI=1S/C18H24ClN5O/c1-2-3-11-25-18-22-16(19)21-17(23-18)20-15-9-10-24(13-15)12-14-7-5-4-6-8-14/h4-8,15H,2-3,9-13H2,1H3,(H,20,21,22,23)/t15-/m0/s1. The van der Waals surface area contributed by atoms with Gasteiger partial charge in [-0.3, -0.25) is 4.90 Å². The summed E-state index contributed by atoms with van der Waals surface area (Å²) in [6.07, 6.45) is 3.06. The molecule has 1 aromatic carbocycles. The second-order valence-electron chi connectivity index (χ2n) is 6.26. The number of rotatable bonds is 8. The molecule has 0 spiro atoms. The van der Waals surface area contributed by atoms with Crippen molar-refractivity contribution in [3.05, 3.63) is 41.2 Å². The molecule has 1 aromatic heterocycles. The second-order valence-corrected chi connectivity index (χ2v) is 6.60. The number of benzene rings is 1. The van der Waals surface area contributed by atoms with E-state index in [1.54, 1.807) is 0 Å². The van der Waals surface area contributed by atoms with E-state index in [-0.39, 0.29) is 11.3 Å². The van der Waals surface area contributed by atoms with Crippen LogP contribution < -0.4 is 10.1 Å². The molecule has 0 saturated carbocycles. The van der Waals surface area contributed by atoms with E-state index < -0.39 is 0 Å². The van der Waals surface area contributed by atoms with Crippen molar-refractivity contribution >= 4 is 17.5 Å². The highest BCUT2D eigenvalue weighted by molar-refractivity contribution is 6.28. The molecule has 1 atom stereocenters. The number of ether oxygens (including phenoxy) is 1. The maximum absolute atomic E-state index is 5.99. The molecular weight excluding hydrogens is 338 g/mol. The van der Waals surface area contributed by atoms with Gasteiger partial charge in [0.1, 0.15) is 0 Å². The first-order valence-corrected chi connectivity index (χ1v) is 9.18. The molecule has 1 saturated heterocycles. The fourth-order valence-corrected chi connectivity index (χ4v) is 3.04. The van der Waals surface area contributed by atoms with Crippen LogP contribution in [0.3, 0.4) is 0 Å². The minimum atomic E-state index is 0.156. The Morgan fingerprint density at radius 1 is 1.24 bits per heavy atom. The molecule has 2 aromatic rings. The fourth-order valence-electron chi connectivity index (χ4n) is 2.89. The Kier molecular flexibility index (Phi) is 6.42. The van der Waals surface area contributed by atoms with Crippen molar-refractivity contribution in [2.75, 3.05) is 25.0 Å². The predicted molar refractivity (Wildman–Crippen MR) is 99.0 cm³/mol. The van der Waals surface area contributed by atoms with Crippen LogP contribution in [0.25, 0.3) is 0 Å². The second kappa shape index (κ2) is 8.97. The van der Waals surface area contributed by atoms with Crippen LogP contribution in [-0.4, -0.2) is 45.6 Å². The third-order valence-corrected chi connectivity index (χ3v) is 4.34. The van der Waals surface area contributed by atoms with Gasteiger partial charge in [0.2, 0.25) is 11.2 Å². The summed E-state index contributed by atoms with van der Waals surface area (Å²) < 4.78 is 5.54. The van der Waals surface area contributed by atoms with Crippen molar-refractivity contribution in [1.29, 1.82) is 0 Å². The molecule has 7 heteroatoms. The summed E-state index contributed by atoms with van der Waals surface area (Å²) in [6.45, 7) is 5.65. The maximum Gasteiger partial charge on any atom is 0.322 e. The molecule has 2 heterocycles. The molecule has 0 aliphatic carbocycles. The van der Waals surface area contributed by atoms with Crippen molar-refractivity contribution < 1.29 is 4.74 Å². The molecule has 0 radical (unpaired) electrons. The van der Waals surface area contributed by atoms with Crippen LogP contribution in [0.2, 0.25) is 5.28 Å². The lowest BCUT2D eigenvalue weighted by molar-refractivity contribution is 0.284. The number of aromatic nitrogens is 3. The summed E-state index contributed by atoms with van der Waals surface area (Å²) in [5, 5.41) is 3.52. The number of halogens is 1. The number of nitrogens with one attached hydrogen (secondary N) is 1. The van der Waals surface area contributed by atoms with Crippen LogP contribution >= 0.6 is 11.6 Å². The molecule has 1 aliphatic heterocycles. The minimum absolute atomic E-state index is 0.156. The molecule has 25 heavy (non-hydrogen) atoms. The normalized spacial score (nSPS) is 17.6. The summed E-state index contributed by atoms with van der Waals surface area (Å²) in [5.74, 6) is 0.484. The zero-order valence-electron chi connectivity index (χ0n) is 14.5. The molecule has 1 aliphatic rings. The van der Waals surface area contributed by atoms with Gasteiger partial charge in [-0.1, -0.05) is 43.7 Å². The number of hydrogen-bond acceptors (Lipinski definition) is 6. The summed E-state index contributed by atoms with van der Waals surface area (Å²) in [4.78, 5) is 14.9. The van der Waals surface area contributed by atoms with Crippen LogP contribution in [-0.2, 0) is 6.54 Å². The van der Waals surface area contributed by atoms with Crippen LogP contribution in [0.1, 0.15) is 31.7 Å². The topological polar surface area (TPSA) is 63.2 Å². The van der Waals surface area contributed by atoms with E-state index in [1.807, 2.05) is 6.07 Å². The monoisotopic (exact) mass is 361 g/mol. The molecule has 0 unspecified atom stereocenters. The van der Waals surface area contributed by atoms with Gasteiger partial charge in [0.15, 0.2) is 0 Å². The Morgan fingerprint density at radius 2 is 2.08 bits per heavy atom. The van der Waals surface area contributed by atoms with Crippen LogP contribution in [0.5, 0.6) is 6.01 Å². The minimum Gasteiger partial charge on any atom is -0.463 e. The van der Waals surface area contributed by atoms with E-state index in [0.29, 0.717) is 18.6 Å². The van der Waals surface area contributed by atoms with Gasteiger partial charge >= 0.3 is 6.01 Å². The predicted octanol–water partition coefficient (Wildman–Crippen LogP) is 3.39. The van der Waals surface area contributed by atoms with Gasteiger partial charge in [0.25, 0.3) is 0 Å². The fraction of sp³-hybridized carbons (Fsp3) is 0.500. The highest BCUT2D eigenvalue weighted by atomic mass is 35.5. The molecule has 1 N–H and O–H groups in total. The van der Waals surface area contributed by atoms with Gasteiger partial charge in [-0.15, -0.1) is 0 Å². The molecule has 134 valence electrons. The van der Waals surface area contributed by atoms with Crippen LogP contribution in [0, 0.1) is 0 Å². The average molecular weight is 362 g/mol. The summed E-state index contributed by atoms with van der Waals surface area (Å²) in [5.41, 5.74) is 1.33. The third-order valence-electron chi connectivity index (χ3n) is 4.17. The lowest BCUT2D eigenvalue weighted by atomic mass is 10.2. The van der Waals surface area contributed by atoms with Gasteiger partial charge in [0, 0.05) is 25.7 Å². The Balaban J connectivity index is 1.54. The van der Waals surface area contributed by atoms with E-state index in [4.69, 9.17) is 16.3 Å². The molecule has 6 nitrogen and oxygen atoms in total. The molecular formula is C18H24ClN5O. The van der Waals surface area contributed by atoms with Crippen LogP contribution in [0.4, 0.5) is 5.95 Å². The van der Waals surface area contributed by atoms with Crippen molar-refractivity contribution in [2.24, 2.45) is 0 Å². The lowest BCUT2D eigenvalue weighted by Crippen LogP contribution is -2.26. The van der Waals surface area contributed by atoms with Gasteiger partial charge in [0.05, 0.1) is 6.61 Å². The zero-order valence-corrected chi connectivity index (χ0v) is 15.2. The van der Waals surface area contributed by atoms with E-state index in [0.717, 1.165) is 38.9 Å². The highest BCUT2D eigenvalue weighted by Gasteiger charge is 2.23. The van der Waals surface area contributed by atoms with Crippen LogP contribution in [0.15, 0.2) is 30.3 Å². The number of unbranched alkanes of at least 4 members (excludes halogenated alkanes) is 1. The lowest BCUT2D eigenvalue weighted by Gasteiger charge is -2.17. The molecule has 0 amide bonds. The average Bonchev–Trinajstić information content (AvgIpc) is 3.02. The Morgan fingerprint density at radius 3 is 2.88 bits per heavy atom. The number of hydrogen-bond donors (Lipinski definition) is 1. The first kappa shape index (κ1) is 17.9. The Bertz CT molecular complexity index is 670. The Labute approximate surface area is 153 Å². The molecule has 3 rings (SSSR count). The van der Waals surface area contributed by atoms with Crippen molar-refractivity contribution in [2.45, 2.75) is 38.8 Å². The number of nitrogens with zero attached hydrogens (tertiary/aromatic N) is 4. The smallest absolute Gasteiger partial charge is 0.322 e. The van der Waals surface area contributed by atoms with Crippen molar-refractivity contribution in [1.82, 2.24) is 19.9 Å². The quantitative estimate of drug-likeness (QED) is 0.727. The number of likely N-dealkylation sites (tertiary alicyclic amines) is 1. The first-order valence-electron chi connectivity index (χ1n) is 8.80. The van der Waals surface area contributed by atoms with Crippen molar-refractivity contribution in [3.8, 4) is 6.01 Å². The summed E-state index contributed by atoms with van der Waals surface area (Å²) in [7, 11) is 0. The number of anilines is 1. The summed E-state index contributed by atoms with van der Waals surface area (Å²) >= 11 is 5.99. The first-order chi connectivity index (χ1) is 12.2. The van der Waals surface area contributed by atoms with E-state index >= 15 is 0 Å². The third kappa shape index (κ3) is 5.54. The zero-order chi connectivity index (χ0) is 17.5. The van der Waals surface area contributed by atoms with E-state index in [1.165, 1.54) is 5.56 Å². The van der Waals surface area contributed by atoms with E-state index in [9.17, 15) is 0 Å². The highest BCUT2D eigenvalue weighted by Crippen LogP contribution is 2.18. The van der Waals surface area contributed by atoms with Gasteiger partial charge in [-0.05, 0) is 30.0 Å². The molecule has 0 bridgehead atoms. The maximum atomic E-state index is 5.99.